The largest absolute Gasteiger partial charge is 0.387 e. The number of hydrogen-bond donors (Lipinski definition) is 1. The van der Waals surface area contributed by atoms with Crippen molar-refractivity contribution in [1.82, 2.24) is 0 Å². The summed E-state index contributed by atoms with van der Waals surface area (Å²) in [6, 6.07) is 8.04. The zero-order valence-corrected chi connectivity index (χ0v) is 10.4. The Bertz CT molecular complexity index is 313. The van der Waals surface area contributed by atoms with E-state index in [4.69, 9.17) is 5.73 Å². The van der Waals surface area contributed by atoms with Crippen molar-refractivity contribution in [1.29, 1.82) is 0 Å². The van der Waals surface area contributed by atoms with E-state index in [1.807, 2.05) is 31.2 Å². The van der Waals surface area contributed by atoms with Gasteiger partial charge in [0.05, 0.1) is 5.84 Å². The Kier molecular flexibility index (Phi) is 6.58. The van der Waals surface area contributed by atoms with E-state index in [9.17, 15) is 0 Å². The molecule has 0 unspecified atom stereocenters. The Morgan fingerprint density at radius 2 is 2.07 bits per heavy atom. The highest BCUT2D eigenvalue weighted by atomic mass is 79.9. The Hall–Kier alpha value is -0.540. The zero-order valence-electron chi connectivity index (χ0n) is 8.03. The molecule has 0 fully saturated rings. The van der Waals surface area contributed by atoms with Crippen molar-refractivity contribution >= 4 is 34.2 Å². The van der Waals surface area contributed by atoms with Crippen molar-refractivity contribution < 1.29 is 0 Å². The Labute approximate surface area is 99.1 Å². The van der Waals surface area contributed by atoms with Gasteiger partial charge in [0.2, 0.25) is 0 Å². The van der Waals surface area contributed by atoms with Crippen molar-refractivity contribution in [2.75, 3.05) is 6.54 Å². The minimum atomic E-state index is 0. The molecule has 14 heavy (non-hydrogen) atoms. The van der Waals surface area contributed by atoms with Crippen LogP contribution in [0.5, 0.6) is 0 Å². The van der Waals surface area contributed by atoms with Gasteiger partial charge in [-0.05, 0) is 18.6 Å². The summed E-state index contributed by atoms with van der Waals surface area (Å²) < 4.78 is 1.09. The number of amidine groups is 1. The van der Waals surface area contributed by atoms with Crippen LogP contribution in [-0.2, 0) is 6.42 Å². The second kappa shape index (κ2) is 6.85. The first kappa shape index (κ1) is 13.5. The van der Waals surface area contributed by atoms with Crippen LogP contribution in [0, 0.1) is 0 Å². The van der Waals surface area contributed by atoms with Gasteiger partial charge in [-0.1, -0.05) is 34.1 Å². The maximum absolute atomic E-state index is 5.71. The summed E-state index contributed by atoms with van der Waals surface area (Å²) in [5.74, 6) is 0.689. The molecule has 0 amide bonds. The summed E-state index contributed by atoms with van der Waals surface area (Å²) >= 11 is 3.47. The van der Waals surface area contributed by atoms with Crippen LogP contribution >= 0.6 is 28.3 Å². The predicted octanol–water partition coefficient (Wildman–Crippen LogP) is 2.79. The minimum Gasteiger partial charge on any atom is -0.387 e. The maximum Gasteiger partial charge on any atom is 0.0981 e. The monoisotopic (exact) mass is 276 g/mol. The lowest BCUT2D eigenvalue weighted by Crippen LogP contribution is -2.15. The number of nitrogens with zero attached hydrogens (tertiary/aromatic N) is 1. The van der Waals surface area contributed by atoms with Crippen molar-refractivity contribution in [2.24, 2.45) is 10.7 Å². The molecular weight excluding hydrogens is 263 g/mol. The molecule has 0 saturated heterocycles. The molecule has 4 heteroatoms. The van der Waals surface area contributed by atoms with Crippen molar-refractivity contribution in [2.45, 2.75) is 13.3 Å². The Morgan fingerprint density at radius 1 is 1.43 bits per heavy atom. The third-order valence-electron chi connectivity index (χ3n) is 1.69. The second-order valence-electron chi connectivity index (χ2n) is 2.73. The number of aliphatic imine (C=N–C) groups is 1. The third-order valence-corrected chi connectivity index (χ3v) is 2.46. The molecule has 0 bridgehead atoms. The van der Waals surface area contributed by atoms with E-state index >= 15 is 0 Å². The topological polar surface area (TPSA) is 38.4 Å². The molecule has 0 heterocycles. The summed E-state index contributed by atoms with van der Waals surface area (Å²) in [4.78, 5) is 4.13. The fraction of sp³-hybridized carbons (Fsp3) is 0.300. The van der Waals surface area contributed by atoms with Gasteiger partial charge in [-0.2, -0.15) is 0 Å². The zero-order chi connectivity index (χ0) is 9.68. The fourth-order valence-corrected chi connectivity index (χ4v) is 1.52. The quantitative estimate of drug-likeness (QED) is 0.669. The van der Waals surface area contributed by atoms with Crippen LogP contribution < -0.4 is 5.73 Å². The van der Waals surface area contributed by atoms with Gasteiger partial charge in [0.1, 0.15) is 0 Å². The van der Waals surface area contributed by atoms with Crippen LogP contribution in [0.3, 0.4) is 0 Å². The number of hydrogen-bond acceptors (Lipinski definition) is 1. The summed E-state index contributed by atoms with van der Waals surface area (Å²) in [7, 11) is 0. The van der Waals surface area contributed by atoms with Crippen LogP contribution in [0.25, 0.3) is 0 Å². The van der Waals surface area contributed by atoms with Crippen LogP contribution in [-0.4, -0.2) is 12.4 Å². The number of rotatable bonds is 3. The highest BCUT2D eigenvalue weighted by Gasteiger charge is 1.99. The standard InChI is InChI=1S/C10H13BrN2.ClH/c1-2-13-10(12)7-8-5-3-4-6-9(8)11;/h3-6H,2,7H2,1H3,(H2,12,13);1H. The van der Waals surface area contributed by atoms with Gasteiger partial charge in [0.15, 0.2) is 0 Å². The summed E-state index contributed by atoms with van der Waals surface area (Å²) in [6.07, 6.45) is 0.718. The molecular formula is C10H14BrClN2. The summed E-state index contributed by atoms with van der Waals surface area (Å²) in [5, 5.41) is 0. The molecule has 0 aliphatic heterocycles. The second-order valence-corrected chi connectivity index (χ2v) is 3.59. The highest BCUT2D eigenvalue weighted by Crippen LogP contribution is 2.15. The molecule has 78 valence electrons. The van der Waals surface area contributed by atoms with Gasteiger partial charge < -0.3 is 5.73 Å². The van der Waals surface area contributed by atoms with Gasteiger partial charge in [-0.25, -0.2) is 0 Å². The molecule has 0 radical (unpaired) electrons. The first-order chi connectivity index (χ1) is 6.24. The van der Waals surface area contributed by atoms with Crippen molar-refractivity contribution in [3.63, 3.8) is 0 Å². The van der Waals surface area contributed by atoms with Gasteiger partial charge in [-0.15, -0.1) is 12.4 Å². The molecule has 0 saturated carbocycles. The van der Waals surface area contributed by atoms with Crippen LogP contribution in [0.1, 0.15) is 12.5 Å². The van der Waals surface area contributed by atoms with E-state index in [1.165, 1.54) is 5.56 Å². The van der Waals surface area contributed by atoms with E-state index in [-0.39, 0.29) is 12.4 Å². The van der Waals surface area contributed by atoms with Gasteiger partial charge >= 0.3 is 0 Å². The molecule has 2 nitrogen and oxygen atoms in total. The Morgan fingerprint density at radius 3 is 2.64 bits per heavy atom. The van der Waals surface area contributed by atoms with E-state index < -0.39 is 0 Å². The molecule has 0 spiro atoms. The average Bonchev–Trinajstić information content (AvgIpc) is 2.09. The first-order valence-corrected chi connectivity index (χ1v) is 5.05. The first-order valence-electron chi connectivity index (χ1n) is 4.26. The van der Waals surface area contributed by atoms with Crippen LogP contribution in [0.2, 0.25) is 0 Å². The van der Waals surface area contributed by atoms with E-state index in [0.717, 1.165) is 17.4 Å². The number of benzene rings is 1. The van der Waals surface area contributed by atoms with E-state index in [0.29, 0.717) is 5.84 Å². The molecule has 0 aliphatic rings. The number of halogens is 2. The lowest BCUT2D eigenvalue weighted by molar-refractivity contribution is 1.09. The average molecular weight is 278 g/mol. The third kappa shape index (κ3) is 4.11. The Balaban J connectivity index is 0.00000169. The lowest BCUT2D eigenvalue weighted by atomic mass is 10.1. The highest BCUT2D eigenvalue weighted by molar-refractivity contribution is 9.10. The predicted molar refractivity (Wildman–Crippen MR) is 67.3 cm³/mol. The van der Waals surface area contributed by atoms with Gasteiger partial charge in [0, 0.05) is 17.4 Å². The molecule has 2 N–H and O–H groups in total. The van der Waals surface area contributed by atoms with Crippen LogP contribution in [0.15, 0.2) is 33.7 Å². The molecule has 1 aromatic rings. The summed E-state index contributed by atoms with van der Waals surface area (Å²) in [6.45, 7) is 2.73. The normalized spacial score (nSPS) is 10.9. The molecule has 0 aromatic heterocycles. The smallest absolute Gasteiger partial charge is 0.0981 e. The summed E-state index contributed by atoms with van der Waals surface area (Å²) in [5.41, 5.74) is 6.89. The fourth-order valence-electron chi connectivity index (χ4n) is 1.10. The van der Waals surface area contributed by atoms with Gasteiger partial charge in [0.25, 0.3) is 0 Å². The van der Waals surface area contributed by atoms with Crippen molar-refractivity contribution in [3.05, 3.63) is 34.3 Å². The number of nitrogens with two attached hydrogens (primary N) is 1. The minimum absolute atomic E-state index is 0. The molecule has 0 aliphatic carbocycles. The van der Waals surface area contributed by atoms with E-state index in [1.54, 1.807) is 0 Å². The van der Waals surface area contributed by atoms with Crippen LogP contribution in [0.4, 0.5) is 0 Å². The maximum atomic E-state index is 5.71. The lowest BCUT2D eigenvalue weighted by Gasteiger charge is -2.02. The van der Waals surface area contributed by atoms with E-state index in [2.05, 4.69) is 20.9 Å². The van der Waals surface area contributed by atoms with Crippen molar-refractivity contribution in [3.8, 4) is 0 Å². The van der Waals surface area contributed by atoms with Gasteiger partial charge in [-0.3, -0.25) is 4.99 Å². The molecule has 1 rings (SSSR count). The molecule has 1 aromatic carbocycles. The molecule has 0 atom stereocenters. The SMILES string of the molecule is CCN=C(N)Cc1ccccc1Br.Cl.